The van der Waals surface area contributed by atoms with Crippen LogP contribution in [-0.2, 0) is 10.0 Å². The number of hydrogen-bond acceptors (Lipinski definition) is 4. The number of halogens is 1. The van der Waals surface area contributed by atoms with Gasteiger partial charge in [-0.25, -0.2) is 13.2 Å². The number of sulfonamides is 1. The van der Waals surface area contributed by atoms with E-state index in [4.69, 9.17) is 16.3 Å². The number of rotatable bonds is 2. The van der Waals surface area contributed by atoms with E-state index in [1.165, 1.54) is 31.4 Å². The summed E-state index contributed by atoms with van der Waals surface area (Å²) in [5.41, 5.74) is 0.298. The van der Waals surface area contributed by atoms with Gasteiger partial charge in [0.1, 0.15) is 16.3 Å². The van der Waals surface area contributed by atoms with Crippen LogP contribution in [0.25, 0.3) is 0 Å². The normalized spacial score (nSPS) is 15.9. The monoisotopic (exact) mass is 338 g/mol. The zero-order chi connectivity index (χ0) is 15.9. The summed E-state index contributed by atoms with van der Waals surface area (Å²) in [6.45, 7) is 0. The maximum absolute atomic E-state index is 12.8. The van der Waals surface area contributed by atoms with E-state index in [1.807, 2.05) is 0 Å². The topological polar surface area (TPSA) is 75.7 Å². The van der Waals surface area contributed by atoms with Gasteiger partial charge >= 0.3 is 6.03 Å². The smallest absolute Gasteiger partial charge is 0.340 e. The number of para-hydroxylation sites is 1. The average Bonchev–Trinajstić information content (AvgIpc) is 2.47. The van der Waals surface area contributed by atoms with E-state index in [0.29, 0.717) is 4.31 Å². The first-order valence-corrected chi connectivity index (χ1v) is 8.06. The van der Waals surface area contributed by atoms with Crippen LogP contribution in [0.2, 0.25) is 5.02 Å². The number of urea groups is 1. The minimum absolute atomic E-state index is 0.0108. The molecule has 0 radical (unpaired) electrons. The van der Waals surface area contributed by atoms with Crippen molar-refractivity contribution in [2.24, 2.45) is 0 Å². The number of nitrogens with one attached hydrogen (secondary N) is 1. The van der Waals surface area contributed by atoms with E-state index in [1.54, 1.807) is 18.2 Å². The molecule has 0 fully saturated rings. The third-order valence-electron chi connectivity index (χ3n) is 3.19. The molecule has 1 N–H and O–H groups in total. The summed E-state index contributed by atoms with van der Waals surface area (Å²) in [5.74, 6) is 0.225. The molecule has 0 bridgehead atoms. The molecule has 2 amide bonds. The lowest BCUT2D eigenvalue weighted by Crippen LogP contribution is -2.44. The van der Waals surface area contributed by atoms with Crippen LogP contribution in [0.5, 0.6) is 5.75 Å². The summed E-state index contributed by atoms with van der Waals surface area (Å²) in [6.07, 6.45) is 0. The van der Waals surface area contributed by atoms with Gasteiger partial charge in [0, 0.05) is 5.02 Å². The minimum Gasteiger partial charge on any atom is -0.495 e. The molecule has 0 atom stereocenters. The molecular weight excluding hydrogens is 328 g/mol. The van der Waals surface area contributed by atoms with Crippen LogP contribution >= 0.6 is 11.6 Å². The SMILES string of the molecule is COc1ccc(Cl)cc1N1C(=O)Nc2ccccc2S1(=O)=O. The van der Waals surface area contributed by atoms with Crippen LogP contribution < -0.4 is 14.4 Å². The molecule has 1 aliphatic rings. The second kappa shape index (κ2) is 5.19. The first kappa shape index (κ1) is 14.7. The van der Waals surface area contributed by atoms with Crippen LogP contribution in [0.1, 0.15) is 0 Å². The molecule has 1 heterocycles. The molecule has 6 nitrogen and oxygen atoms in total. The zero-order valence-electron chi connectivity index (χ0n) is 11.4. The number of anilines is 2. The Balaban J connectivity index is 2.25. The highest BCUT2D eigenvalue weighted by Crippen LogP contribution is 2.39. The van der Waals surface area contributed by atoms with Crippen LogP contribution in [0.4, 0.5) is 16.2 Å². The van der Waals surface area contributed by atoms with Crippen LogP contribution in [-0.4, -0.2) is 21.6 Å². The van der Waals surface area contributed by atoms with Crippen molar-refractivity contribution in [1.29, 1.82) is 0 Å². The number of carbonyl (C=O) groups is 1. The van der Waals surface area contributed by atoms with E-state index in [-0.39, 0.29) is 27.0 Å². The number of hydrogen-bond donors (Lipinski definition) is 1. The van der Waals surface area contributed by atoms with Crippen LogP contribution in [0.3, 0.4) is 0 Å². The third-order valence-corrected chi connectivity index (χ3v) is 5.18. The summed E-state index contributed by atoms with van der Waals surface area (Å²) in [5, 5.41) is 2.83. The molecule has 0 aliphatic carbocycles. The van der Waals surface area contributed by atoms with Crippen LogP contribution in [0, 0.1) is 0 Å². The predicted octanol–water partition coefficient (Wildman–Crippen LogP) is 3.09. The number of nitrogens with zero attached hydrogens (tertiary/aromatic N) is 1. The highest BCUT2D eigenvalue weighted by Gasteiger charge is 2.39. The van der Waals surface area contributed by atoms with Crippen LogP contribution in [0.15, 0.2) is 47.4 Å². The van der Waals surface area contributed by atoms with Gasteiger partial charge in [-0.05, 0) is 30.3 Å². The van der Waals surface area contributed by atoms with Crippen molar-refractivity contribution in [3.63, 3.8) is 0 Å². The van der Waals surface area contributed by atoms with Gasteiger partial charge in [0.2, 0.25) is 0 Å². The Morgan fingerprint density at radius 2 is 1.91 bits per heavy atom. The summed E-state index contributed by atoms with van der Waals surface area (Å²) < 4.78 is 31.3. The molecule has 0 saturated heterocycles. The zero-order valence-corrected chi connectivity index (χ0v) is 13.0. The van der Waals surface area contributed by atoms with Crippen molar-refractivity contribution >= 4 is 39.0 Å². The Morgan fingerprint density at radius 1 is 1.18 bits per heavy atom. The molecule has 1 aliphatic heterocycles. The largest absolute Gasteiger partial charge is 0.495 e. The van der Waals surface area contributed by atoms with E-state index in [9.17, 15) is 13.2 Å². The van der Waals surface area contributed by atoms with Crippen molar-refractivity contribution in [3.8, 4) is 5.75 Å². The van der Waals surface area contributed by atoms with Gasteiger partial charge in [-0.15, -0.1) is 0 Å². The predicted molar refractivity (Wildman–Crippen MR) is 83.1 cm³/mol. The summed E-state index contributed by atoms with van der Waals surface area (Å²) in [4.78, 5) is 12.3. The lowest BCUT2D eigenvalue weighted by molar-refractivity contribution is 0.259. The van der Waals surface area contributed by atoms with Crippen molar-refractivity contribution in [1.82, 2.24) is 0 Å². The Bertz CT molecular complexity index is 867. The lowest BCUT2D eigenvalue weighted by atomic mass is 10.3. The molecule has 0 aromatic heterocycles. The fourth-order valence-electron chi connectivity index (χ4n) is 2.23. The van der Waals surface area contributed by atoms with Gasteiger partial charge in [0.25, 0.3) is 10.0 Å². The second-order valence-electron chi connectivity index (χ2n) is 4.51. The Kier molecular flexibility index (Phi) is 3.46. The van der Waals surface area contributed by atoms with Gasteiger partial charge < -0.3 is 10.1 Å². The summed E-state index contributed by atoms with van der Waals surface area (Å²) in [7, 11) is -2.67. The molecule has 0 unspecified atom stereocenters. The molecular formula is C14H11ClN2O4S. The fraction of sp³-hybridized carbons (Fsp3) is 0.0714. The van der Waals surface area contributed by atoms with Crippen molar-refractivity contribution in [2.45, 2.75) is 4.90 Å². The molecule has 3 rings (SSSR count). The minimum atomic E-state index is -4.05. The third kappa shape index (κ3) is 2.18. The van der Waals surface area contributed by atoms with Gasteiger partial charge in [-0.1, -0.05) is 23.7 Å². The van der Waals surface area contributed by atoms with Gasteiger partial charge in [0.05, 0.1) is 12.8 Å². The van der Waals surface area contributed by atoms with Gasteiger partial charge in [-0.3, -0.25) is 0 Å². The first-order valence-electron chi connectivity index (χ1n) is 6.24. The Hall–Kier alpha value is -2.25. The number of carbonyl (C=O) groups excluding carboxylic acids is 1. The van der Waals surface area contributed by atoms with Gasteiger partial charge in [0.15, 0.2) is 0 Å². The van der Waals surface area contributed by atoms with Crippen molar-refractivity contribution in [3.05, 3.63) is 47.5 Å². The van der Waals surface area contributed by atoms with E-state index in [2.05, 4.69) is 5.32 Å². The molecule has 2 aromatic rings. The molecule has 22 heavy (non-hydrogen) atoms. The number of ether oxygens (including phenoxy) is 1. The maximum atomic E-state index is 12.8. The maximum Gasteiger partial charge on any atom is 0.340 e. The summed E-state index contributed by atoms with van der Waals surface area (Å²) in [6, 6.07) is 9.80. The molecule has 2 aromatic carbocycles. The van der Waals surface area contributed by atoms with E-state index >= 15 is 0 Å². The molecule has 0 spiro atoms. The number of amides is 2. The lowest BCUT2D eigenvalue weighted by Gasteiger charge is -2.29. The fourth-order valence-corrected chi connectivity index (χ4v) is 3.91. The highest BCUT2D eigenvalue weighted by molar-refractivity contribution is 7.94. The quantitative estimate of drug-likeness (QED) is 0.913. The summed E-state index contributed by atoms with van der Waals surface area (Å²) >= 11 is 5.93. The number of benzene rings is 2. The van der Waals surface area contributed by atoms with E-state index in [0.717, 1.165) is 0 Å². The second-order valence-corrected chi connectivity index (χ2v) is 6.70. The first-order chi connectivity index (χ1) is 10.4. The molecule has 8 heteroatoms. The number of methoxy groups -OCH3 is 1. The Labute approximate surface area is 132 Å². The molecule has 114 valence electrons. The van der Waals surface area contributed by atoms with Crippen molar-refractivity contribution in [2.75, 3.05) is 16.7 Å². The molecule has 0 saturated carbocycles. The van der Waals surface area contributed by atoms with Crippen molar-refractivity contribution < 1.29 is 17.9 Å². The van der Waals surface area contributed by atoms with E-state index < -0.39 is 16.1 Å². The van der Waals surface area contributed by atoms with Gasteiger partial charge in [-0.2, -0.15) is 4.31 Å². The highest BCUT2D eigenvalue weighted by atomic mass is 35.5. The number of fused-ring (bicyclic) bond motifs is 1. The average molecular weight is 339 g/mol. The standard InChI is InChI=1S/C14H11ClN2O4S/c1-21-12-7-6-9(15)8-11(12)17-14(18)16-10-4-2-3-5-13(10)22(17,19)20/h2-8H,1H3,(H,16,18). The Morgan fingerprint density at radius 3 is 2.64 bits per heavy atom.